The number of rotatable bonds is 9. The number of hydrogen-bond acceptors (Lipinski definition) is 6. The number of benzene rings is 2. The van der Waals surface area contributed by atoms with Gasteiger partial charge in [-0.3, -0.25) is 9.69 Å². The monoisotopic (exact) mass is 597 g/mol. The molecule has 7 nitrogen and oxygen atoms in total. The van der Waals surface area contributed by atoms with Crippen LogP contribution in [0.1, 0.15) is 42.7 Å². The zero-order valence-corrected chi connectivity index (χ0v) is 23.7. The van der Waals surface area contributed by atoms with E-state index in [1.54, 1.807) is 6.07 Å². The molecule has 2 N–H and O–H groups in total. The van der Waals surface area contributed by atoms with Crippen LogP contribution in [0.3, 0.4) is 0 Å². The van der Waals surface area contributed by atoms with Gasteiger partial charge in [0.15, 0.2) is 11.6 Å². The number of nitrogens with one attached hydrogen (secondary N) is 2. The lowest BCUT2D eigenvalue weighted by Crippen LogP contribution is -2.43. The quantitative estimate of drug-likeness (QED) is 0.243. The van der Waals surface area contributed by atoms with E-state index in [-0.39, 0.29) is 42.1 Å². The van der Waals surface area contributed by atoms with E-state index < -0.39 is 29.3 Å². The predicted molar refractivity (Wildman–Crippen MR) is 155 cm³/mol. The van der Waals surface area contributed by atoms with Crippen LogP contribution in [-0.2, 0) is 11.2 Å². The Bertz CT molecular complexity index is 1620. The first-order valence-corrected chi connectivity index (χ1v) is 14.8. The molecule has 2 aliphatic heterocycles. The van der Waals surface area contributed by atoms with Crippen molar-refractivity contribution in [3.8, 4) is 17.1 Å². The fourth-order valence-corrected chi connectivity index (χ4v) is 7.57. The number of amides is 1. The lowest BCUT2D eigenvalue weighted by Gasteiger charge is -2.30. The number of nitrogens with zero attached hydrogens (tertiary/aromatic N) is 3. The van der Waals surface area contributed by atoms with Crippen molar-refractivity contribution < 1.29 is 22.7 Å². The van der Waals surface area contributed by atoms with Crippen molar-refractivity contribution in [3.05, 3.63) is 58.6 Å². The second-order valence-corrected chi connectivity index (χ2v) is 12.3. The Morgan fingerprint density at radius 1 is 1.29 bits per heavy atom. The molecule has 1 aromatic heterocycles. The average Bonchev–Trinajstić information content (AvgIpc) is 3.28. The molecular formula is C31H31ClF3N5O2. The molecule has 220 valence electrons. The Kier molecular flexibility index (Phi) is 6.81. The van der Waals surface area contributed by atoms with E-state index in [1.807, 2.05) is 12.1 Å². The predicted octanol–water partition coefficient (Wildman–Crippen LogP) is 5.72. The minimum Gasteiger partial charge on any atom is -0.461 e. The van der Waals surface area contributed by atoms with Crippen molar-refractivity contribution in [1.29, 1.82) is 0 Å². The van der Waals surface area contributed by atoms with Crippen molar-refractivity contribution in [3.63, 3.8) is 0 Å². The zero-order valence-electron chi connectivity index (χ0n) is 23.0. The van der Waals surface area contributed by atoms with Crippen molar-refractivity contribution in [2.75, 3.05) is 38.1 Å². The van der Waals surface area contributed by atoms with E-state index in [1.165, 1.54) is 11.1 Å². The van der Waals surface area contributed by atoms with Crippen LogP contribution in [0.4, 0.5) is 19.0 Å². The highest BCUT2D eigenvalue weighted by molar-refractivity contribution is 6.34. The topological polar surface area (TPSA) is 79.4 Å². The maximum Gasteiger partial charge on any atom is 0.319 e. The Hall–Kier alpha value is -3.37. The van der Waals surface area contributed by atoms with Crippen LogP contribution >= 0.6 is 11.6 Å². The van der Waals surface area contributed by atoms with Gasteiger partial charge in [-0.15, -0.1) is 0 Å². The van der Waals surface area contributed by atoms with Crippen LogP contribution in [0, 0.1) is 11.7 Å². The van der Waals surface area contributed by atoms with Gasteiger partial charge in [-0.05, 0) is 66.8 Å². The molecule has 3 aromatic rings. The summed E-state index contributed by atoms with van der Waals surface area (Å²) in [5.74, 6) is -1.27. The second-order valence-electron chi connectivity index (χ2n) is 11.9. The Balaban J connectivity index is 1.25. The highest BCUT2D eigenvalue weighted by Crippen LogP contribution is 2.59. The maximum atomic E-state index is 16.5. The fraction of sp³-hybridized carbons (Fsp3) is 0.452. The molecule has 4 aliphatic rings. The summed E-state index contributed by atoms with van der Waals surface area (Å²) in [5, 5.41) is 6.06. The smallest absolute Gasteiger partial charge is 0.319 e. The molecule has 1 saturated carbocycles. The van der Waals surface area contributed by atoms with Gasteiger partial charge in [0.05, 0.1) is 10.6 Å². The molecule has 0 spiro atoms. The summed E-state index contributed by atoms with van der Waals surface area (Å²) in [5.41, 5.74) is 3.10. The number of ether oxygens (including phenoxy) is 1. The third-order valence-electron chi connectivity index (χ3n) is 9.28. The van der Waals surface area contributed by atoms with Crippen LogP contribution in [0.25, 0.3) is 22.0 Å². The number of carbonyl (C=O) groups excluding carboxylic acids is 1. The molecule has 3 fully saturated rings. The number of aromatic nitrogens is 2. The summed E-state index contributed by atoms with van der Waals surface area (Å²) in [6.07, 6.45) is 3.33. The first-order chi connectivity index (χ1) is 20.2. The molecule has 1 amide bonds. The molecule has 7 rings (SSSR count). The van der Waals surface area contributed by atoms with Crippen LogP contribution < -0.4 is 15.4 Å². The standard InChI is InChI=1S/C31H31ClF3N5O2/c1-16(33)29(41)37-8-7-36-28-22-12-23(32)25(20-5-2-4-17-10-18-11-21(18)24(17)20)26(35)27(22)38-30(39-28)42-15-31-6-3-9-40(31)14-19(34)13-31/h2,4-5,12,18-19,21H,1,3,6-11,13-15H2,(H,37,41)(H,36,38,39)/t18?,19-,21?,31?/m1/s1. The summed E-state index contributed by atoms with van der Waals surface area (Å²) in [7, 11) is 0. The van der Waals surface area contributed by atoms with Crippen molar-refractivity contribution >= 4 is 34.2 Å². The maximum absolute atomic E-state index is 16.5. The third-order valence-corrected chi connectivity index (χ3v) is 9.58. The van der Waals surface area contributed by atoms with Gasteiger partial charge in [-0.2, -0.15) is 9.97 Å². The summed E-state index contributed by atoms with van der Waals surface area (Å²) in [6, 6.07) is 7.55. The van der Waals surface area contributed by atoms with Crippen LogP contribution in [-0.4, -0.2) is 65.3 Å². The van der Waals surface area contributed by atoms with E-state index in [2.05, 4.69) is 38.1 Å². The van der Waals surface area contributed by atoms with E-state index in [4.69, 9.17) is 16.3 Å². The molecule has 4 atom stereocenters. The first-order valence-electron chi connectivity index (χ1n) is 14.4. The van der Waals surface area contributed by atoms with Crippen molar-refractivity contribution in [2.24, 2.45) is 5.92 Å². The highest BCUT2D eigenvalue weighted by Gasteiger charge is 2.49. The Morgan fingerprint density at radius 2 is 2.14 bits per heavy atom. The summed E-state index contributed by atoms with van der Waals surface area (Å²) in [6.45, 7) is 4.58. The first kappa shape index (κ1) is 27.5. The molecule has 0 radical (unpaired) electrons. The number of halogens is 4. The van der Waals surface area contributed by atoms with Crippen LogP contribution in [0.5, 0.6) is 6.01 Å². The van der Waals surface area contributed by atoms with Gasteiger partial charge < -0.3 is 15.4 Å². The molecule has 11 heteroatoms. The van der Waals surface area contributed by atoms with Gasteiger partial charge in [0.25, 0.3) is 5.91 Å². The summed E-state index contributed by atoms with van der Waals surface area (Å²) in [4.78, 5) is 22.7. The lowest BCUT2D eigenvalue weighted by molar-refractivity contribution is -0.118. The van der Waals surface area contributed by atoms with Gasteiger partial charge >= 0.3 is 6.01 Å². The van der Waals surface area contributed by atoms with E-state index >= 15 is 4.39 Å². The number of carbonyl (C=O) groups is 1. The molecule has 2 aliphatic carbocycles. The Labute approximate surface area is 246 Å². The van der Waals surface area contributed by atoms with Crippen molar-refractivity contribution in [2.45, 2.75) is 49.7 Å². The van der Waals surface area contributed by atoms with Gasteiger partial charge in [-0.25, -0.2) is 13.2 Å². The largest absolute Gasteiger partial charge is 0.461 e. The average molecular weight is 598 g/mol. The SMILES string of the molecule is C=C(F)C(=O)NCCNc1nc(OCC23CCCN2C[C@H](F)C3)nc2c(F)c(-c3cccc4c3C3CC3C4)c(Cl)cc12. The molecule has 3 heterocycles. The minimum atomic E-state index is -1.09. The normalized spacial score (nSPS) is 25.7. The molecule has 0 bridgehead atoms. The number of anilines is 1. The zero-order chi connectivity index (χ0) is 29.2. The fourth-order valence-electron chi connectivity index (χ4n) is 7.28. The van der Waals surface area contributed by atoms with Gasteiger partial charge in [0.2, 0.25) is 0 Å². The van der Waals surface area contributed by atoms with E-state index in [9.17, 15) is 13.6 Å². The molecule has 2 saturated heterocycles. The van der Waals surface area contributed by atoms with Crippen LogP contribution in [0.15, 0.2) is 36.7 Å². The van der Waals surface area contributed by atoms with Gasteiger partial charge in [-0.1, -0.05) is 36.4 Å². The highest BCUT2D eigenvalue weighted by atomic mass is 35.5. The summed E-state index contributed by atoms with van der Waals surface area (Å²) >= 11 is 6.77. The van der Waals surface area contributed by atoms with Crippen molar-refractivity contribution in [1.82, 2.24) is 20.2 Å². The van der Waals surface area contributed by atoms with Crippen LogP contribution in [0.2, 0.25) is 5.02 Å². The number of alkyl halides is 1. The lowest BCUT2D eigenvalue weighted by atomic mass is 9.93. The van der Waals surface area contributed by atoms with Gasteiger partial charge in [0, 0.05) is 37.0 Å². The number of fused-ring (bicyclic) bond motifs is 5. The minimum absolute atomic E-state index is 0.0394. The van der Waals surface area contributed by atoms with Gasteiger partial charge in [0.1, 0.15) is 24.1 Å². The van der Waals surface area contributed by atoms with E-state index in [0.29, 0.717) is 35.8 Å². The van der Waals surface area contributed by atoms with E-state index in [0.717, 1.165) is 37.8 Å². The molecule has 2 aromatic carbocycles. The molecular weight excluding hydrogens is 567 g/mol. The third kappa shape index (κ3) is 4.68. The number of hydrogen-bond donors (Lipinski definition) is 2. The second kappa shape index (κ2) is 10.4. The molecule has 3 unspecified atom stereocenters. The Morgan fingerprint density at radius 3 is 2.98 bits per heavy atom. The molecule has 42 heavy (non-hydrogen) atoms. The summed E-state index contributed by atoms with van der Waals surface area (Å²) < 4.78 is 50.0.